The van der Waals surface area contributed by atoms with Crippen molar-refractivity contribution in [2.24, 2.45) is 11.5 Å². The molecule has 12 heteroatoms. The molecule has 1 heterocycles. The Morgan fingerprint density at radius 3 is 2.66 bits per heavy atom. The van der Waals surface area contributed by atoms with Gasteiger partial charge in [0.15, 0.2) is 0 Å². The third kappa shape index (κ3) is 6.53. The van der Waals surface area contributed by atoms with Crippen LogP contribution in [0, 0.1) is 5.41 Å². The van der Waals surface area contributed by atoms with E-state index in [0.29, 0.717) is 22.0 Å². The molecule has 0 fully saturated rings. The zero-order chi connectivity index (χ0) is 27.3. The van der Waals surface area contributed by atoms with Crippen LogP contribution in [0.3, 0.4) is 0 Å². The first-order valence-electron chi connectivity index (χ1n) is 11.7. The standard InChI is InChI=1S/C26H28N6O4S2/c1-36-19-8-9-21-23(15-19)37-26(31-21)22(13-16-4-2-5-17(12-16)25(28)29)32-38(34,35)20-7-3-6-18(14-20)30-24(33)10-11-27/h2-9,12,14-15,22,32H,10-11,13,27H2,1H3,(H3,28,29)(H,30,33). The molecule has 1 unspecified atom stereocenters. The van der Waals surface area contributed by atoms with E-state index in [1.54, 1.807) is 43.5 Å². The predicted octanol–water partition coefficient (Wildman–Crippen LogP) is 3.14. The third-order valence-electron chi connectivity index (χ3n) is 5.68. The van der Waals surface area contributed by atoms with Crippen LogP contribution in [0.1, 0.15) is 28.6 Å². The monoisotopic (exact) mass is 552 g/mol. The first kappa shape index (κ1) is 27.2. The number of benzene rings is 3. The number of nitrogens with zero attached hydrogens (tertiary/aromatic N) is 1. The molecule has 7 N–H and O–H groups in total. The molecular formula is C26H28N6O4S2. The average molecular weight is 553 g/mol. The van der Waals surface area contributed by atoms with Crippen molar-refractivity contribution in [3.63, 3.8) is 0 Å². The van der Waals surface area contributed by atoms with E-state index >= 15 is 0 Å². The Bertz CT molecular complexity index is 1590. The molecule has 0 saturated heterocycles. The number of carbonyl (C=O) groups is 1. The molecule has 0 spiro atoms. The average Bonchev–Trinajstić information content (AvgIpc) is 3.32. The summed E-state index contributed by atoms with van der Waals surface area (Å²) < 4.78 is 36.0. The lowest BCUT2D eigenvalue weighted by molar-refractivity contribution is -0.116. The van der Waals surface area contributed by atoms with Gasteiger partial charge in [-0.25, -0.2) is 18.1 Å². The number of amides is 1. The quantitative estimate of drug-likeness (QED) is 0.140. The lowest BCUT2D eigenvalue weighted by Crippen LogP contribution is -2.30. The number of nitrogen functional groups attached to an aromatic ring is 1. The van der Waals surface area contributed by atoms with Crippen LogP contribution in [0.25, 0.3) is 10.2 Å². The topological polar surface area (TPSA) is 173 Å². The normalized spacial score (nSPS) is 12.3. The third-order valence-corrected chi connectivity index (χ3v) is 8.29. The van der Waals surface area contributed by atoms with Crippen LogP contribution in [0.5, 0.6) is 5.75 Å². The van der Waals surface area contributed by atoms with Gasteiger partial charge in [-0.3, -0.25) is 10.2 Å². The van der Waals surface area contributed by atoms with Crippen molar-refractivity contribution < 1.29 is 17.9 Å². The summed E-state index contributed by atoms with van der Waals surface area (Å²) in [6, 6.07) is 17.9. The van der Waals surface area contributed by atoms with Gasteiger partial charge in [-0.15, -0.1) is 11.3 Å². The van der Waals surface area contributed by atoms with Crippen LogP contribution in [-0.4, -0.2) is 38.8 Å². The molecule has 198 valence electrons. The Kier molecular flexibility index (Phi) is 8.37. The number of nitrogens with two attached hydrogens (primary N) is 2. The number of thiazole rings is 1. The molecule has 4 rings (SSSR count). The number of nitrogens with one attached hydrogen (secondary N) is 3. The van der Waals surface area contributed by atoms with Crippen LogP contribution >= 0.6 is 11.3 Å². The molecule has 10 nitrogen and oxygen atoms in total. The number of methoxy groups -OCH3 is 1. The van der Waals surface area contributed by atoms with Gasteiger partial charge in [0.1, 0.15) is 16.6 Å². The molecule has 38 heavy (non-hydrogen) atoms. The van der Waals surface area contributed by atoms with E-state index in [2.05, 4.69) is 10.0 Å². The van der Waals surface area contributed by atoms with Gasteiger partial charge in [0.2, 0.25) is 15.9 Å². The summed E-state index contributed by atoms with van der Waals surface area (Å²) in [6.07, 6.45) is 0.392. The van der Waals surface area contributed by atoms with E-state index in [9.17, 15) is 13.2 Å². The molecule has 0 aliphatic carbocycles. The predicted molar refractivity (Wildman–Crippen MR) is 149 cm³/mol. The maximum absolute atomic E-state index is 13.5. The molecule has 0 radical (unpaired) electrons. The maximum Gasteiger partial charge on any atom is 0.241 e. The molecule has 3 aromatic carbocycles. The van der Waals surface area contributed by atoms with Crippen molar-refractivity contribution in [2.75, 3.05) is 19.0 Å². The van der Waals surface area contributed by atoms with Crippen LogP contribution < -0.4 is 26.2 Å². The van der Waals surface area contributed by atoms with E-state index in [1.165, 1.54) is 23.5 Å². The lowest BCUT2D eigenvalue weighted by atomic mass is 10.0. The summed E-state index contributed by atoms with van der Waals surface area (Å²) in [4.78, 5) is 16.6. The SMILES string of the molecule is COc1ccc2nc(C(Cc3cccc(C(=N)N)c3)NS(=O)(=O)c3cccc(NC(=O)CCN)c3)sc2c1. The highest BCUT2D eigenvalue weighted by molar-refractivity contribution is 7.89. The van der Waals surface area contributed by atoms with Crippen LogP contribution in [0.4, 0.5) is 5.69 Å². The number of sulfonamides is 1. The summed E-state index contributed by atoms with van der Waals surface area (Å²) in [5, 5.41) is 11.0. The summed E-state index contributed by atoms with van der Waals surface area (Å²) >= 11 is 1.36. The molecule has 0 saturated carbocycles. The molecule has 0 aliphatic rings. The summed E-state index contributed by atoms with van der Waals surface area (Å²) in [5.41, 5.74) is 13.5. The Balaban J connectivity index is 1.69. The van der Waals surface area contributed by atoms with Crippen molar-refractivity contribution in [1.29, 1.82) is 5.41 Å². The van der Waals surface area contributed by atoms with Gasteiger partial charge in [0.25, 0.3) is 0 Å². The zero-order valence-electron chi connectivity index (χ0n) is 20.6. The minimum atomic E-state index is -4.03. The van der Waals surface area contributed by atoms with E-state index in [1.807, 2.05) is 18.2 Å². The van der Waals surface area contributed by atoms with E-state index < -0.39 is 16.1 Å². The first-order valence-corrected chi connectivity index (χ1v) is 14.0. The second-order valence-electron chi connectivity index (χ2n) is 8.49. The molecule has 4 aromatic rings. The maximum atomic E-state index is 13.5. The number of fused-ring (bicyclic) bond motifs is 1. The highest BCUT2D eigenvalue weighted by Crippen LogP contribution is 2.32. The molecule has 1 aromatic heterocycles. The van der Waals surface area contributed by atoms with Crippen LogP contribution in [0.15, 0.2) is 71.6 Å². The van der Waals surface area contributed by atoms with E-state index in [0.717, 1.165) is 15.8 Å². The number of ether oxygens (including phenoxy) is 1. The number of hydrogen-bond donors (Lipinski definition) is 5. The second kappa shape index (κ2) is 11.7. The Morgan fingerprint density at radius 1 is 1.13 bits per heavy atom. The molecular weight excluding hydrogens is 524 g/mol. The summed E-state index contributed by atoms with van der Waals surface area (Å²) in [5.74, 6) is 0.292. The van der Waals surface area contributed by atoms with Crippen LogP contribution in [0.2, 0.25) is 0 Å². The van der Waals surface area contributed by atoms with Gasteiger partial charge in [0, 0.05) is 24.2 Å². The number of amidine groups is 1. The number of rotatable bonds is 11. The highest BCUT2D eigenvalue weighted by atomic mass is 32.2. The smallest absolute Gasteiger partial charge is 0.241 e. The Labute approximate surface area is 224 Å². The second-order valence-corrected chi connectivity index (χ2v) is 11.3. The molecule has 1 atom stereocenters. The Hall–Kier alpha value is -3.84. The molecule has 1 amide bonds. The largest absolute Gasteiger partial charge is 0.497 e. The van der Waals surface area contributed by atoms with Crippen molar-refractivity contribution in [3.05, 3.63) is 82.9 Å². The van der Waals surface area contributed by atoms with Gasteiger partial charge in [-0.1, -0.05) is 24.3 Å². The van der Waals surface area contributed by atoms with Crippen molar-refractivity contribution in [3.8, 4) is 5.75 Å². The summed E-state index contributed by atoms with van der Waals surface area (Å²) in [6.45, 7) is 0.186. The lowest BCUT2D eigenvalue weighted by Gasteiger charge is -2.18. The fourth-order valence-electron chi connectivity index (χ4n) is 3.83. The molecule has 0 bridgehead atoms. The van der Waals surface area contributed by atoms with E-state index in [-0.39, 0.29) is 36.0 Å². The fourth-order valence-corrected chi connectivity index (χ4v) is 6.20. The van der Waals surface area contributed by atoms with Gasteiger partial charge in [0.05, 0.1) is 28.3 Å². The fraction of sp³-hybridized carbons (Fsp3) is 0.192. The Morgan fingerprint density at radius 2 is 1.92 bits per heavy atom. The number of hydrogen-bond acceptors (Lipinski definition) is 8. The first-order chi connectivity index (χ1) is 18.2. The van der Waals surface area contributed by atoms with Crippen LogP contribution in [-0.2, 0) is 21.2 Å². The number of anilines is 1. The summed E-state index contributed by atoms with van der Waals surface area (Å²) in [7, 11) is -2.45. The minimum Gasteiger partial charge on any atom is -0.497 e. The van der Waals surface area contributed by atoms with Gasteiger partial charge in [-0.05, 0) is 54.4 Å². The molecule has 0 aliphatic heterocycles. The minimum absolute atomic E-state index is 0.00619. The van der Waals surface area contributed by atoms with Gasteiger partial charge < -0.3 is 21.5 Å². The highest BCUT2D eigenvalue weighted by Gasteiger charge is 2.25. The zero-order valence-corrected chi connectivity index (χ0v) is 22.2. The van der Waals surface area contributed by atoms with Crippen molar-refractivity contribution in [1.82, 2.24) is 9.71 Å². The number of aromatic nitrogens is 1. The van der Waals surface area contributed by atoms with Crippen molar-refractivity contribution in [2.45, 2.75) is 23.8 Å². The van der Waals surface area contributed by atoms with Gasteiger partial charge >= 0.3 is 0 Å². The van der Waals surface area contributed by atoms with Crippen molar-refractivity contribution >= 4 is 49.0 Å². The van der Waals surface area contributed by atoms with E-state index in [4.69, 9.17) is 26.6 Å². The van der Waals surface area contributed by atoms with Gasteiger partial charge in [-0.2, -0.15) is 0 Å². The number of carbonyl (C=O) groups excluding carboxylic acids is 1.